The first-order chi connectivity index (χ1) is 8.35. The van der Waals surface area contributed by atoms with Gasteiger partial charge in [-0.1, -0.05) is 6.92 Å². The Labute approximate surface area is 102 Å². The maximum absolute atomic E-state index is 8.77. The summed E-state index contributed by atoms with van der Waals surface area (Å²) in [5.74, 6) is 0.986. The zero-order valence-corrected chi connectivity index (χ0v) is 10.2. The molecule has 4 heteroatoms. The Bertz CT molecular complexity index is 387. The summed E-state index contributed by atoms with van der Waals surface area (Å²) in [5, 5.41) is 12.2. The van der Waals surface area contributed by atoms with E-state index in [1.165, 1.54) is 6.42 Å². The molecule has 1 saturated heterocycles. The lowest BCUT2D eigenvalue weighted by atomic mass is 10.2. The van der Waals surface area contributed by atoms with E-state index in [4.69, 9.17) is 5.26 Å². The summed E-state index contributed by atoms with van der Waals surface area (Å²) in [5.41, 5.74) is 0.620. The van der Waals surface area contributed by atoms with Crippen LogP contribution in [0.1, 0.15) is 25.3 Å². The predicted octanol–water partition coefficient (Wildman–Crippen LogP) is 1.53. The van der Waals surface area contributed by atoms with Crippen LogP contribution in [-0.4, -0.2) is 30.7 Å². The molecular formula is C13H18N4. The zero-order chi connectivity index (χ0) is 12.1. The van der Waals surface area contributed by atoms with E-state index in [-0.39, 0.29) is 0 Å². The van der Waals surface area contributed by atoms with Crippen LogP contribution in [-0.2, 0) is 0 Å². The second-order valence-electron chi connectivity index (χ2n) is 4.36. The Balaban J connectivity index is 2.16. The highest BCUT2D eigenvalue weighted by Gasteiger charge is 2.22. The molecule has 1 aromatic rings. The van der Waals surface area contributed by atoms with E-state index in [0.29, 0.717) is 11.6 Å². The summed E-state index contributed by atoms with van der Waals surface area (Å²) in [4.78, 5) is 6.74. The molecule has 1 N–H and O–H groups in total. The first kappa shape index (κ1) is 11.9. The maximum Gasteiger partial charge on any atom is 0.128 e. The molecule has 2 heterocycles. The largest absolute Gasteiger partial charge is 0.352 e. The minimum absolute atomic E-state index is 0.537. The smallest absolute Gasteiger partial charge is 0.128 e. The number of pyridine rings is 1. The maximum atomic E-state index is 8.77. The topological polar surface area (TPSA) is 52.0 Å². The molecule has 0 saturated carbocycles. The standard InChI is InChI=1S/C13H18N4/c1-2-7-17(12-5-6-15-10-12)13-4-3-11(8-14)9-16-13/h3-4,9,12,15H,2,5-7,10H2,1H3. The van der Waals surface area contributed by atoms with Crippen LogP contribution >= 0.6 is 0 Å². The van der Waals surface area contributed by atoms with E-state index in [0.717, 1.165) is 31.9 Å². The van der Waals surface area contributed by atoms with Crippen molar-refractivity contribution in [3.05, 3.63) is 23.9 Å². The molecule has 1 aliphatic heterocycles. The van der Waals surface area contributed by atoms with Gasteiger partial charge in [0.2, 0.25) is 0 Å². The van der Waals surface area contributed by atoms with E-state index in [1.54, 1.807) is 6.20 Å². The molecule has 0 radical (unpaired) electrons. The van der Waals surface area contributed by atoms with Gasteiger partial charge in [0.1, 0.15) is 11.9 Å². The van der Waals surface area contributed by atoms with Crippen LogP contribution in [0.5, 0.6) is 0 Å². The quantitative estimate of drug-likeness (QED) is 0.852. The third-order valence-corrected chi connectivity index (χ3v) is 3.11. The summed E-state index contributed by atoms with van der Waals surface area (Å²) in [6.45, 7) is 5.31. The van der Waals surface area contributed by atoms with Crippen molar-refractivity contribution < 1.29 is 0 Å². The van der Waals surface area contributed by atoms with E-state index < -0.39 is 0 Å². The van der Waals surface area contributed by atoms with Gasteiger partial charge in [0.15, 0.2) is 0 Å². The molecule has 1 atom stereocenters. The van der Waals surface area contributed by atoms with Crippen molar-refractivity contribution in [1.29, 1.82) is 5.26 Å². The first-order valence-electron chi connectivity index (χ1n) is 6.18. The van der Waals surface area contributed by atoms with Crippen molar-refractivity contribution >= 4 is 5.82 Å². The molecule has 0 aliphatic carbocycles. The SMILES string of the molecule is CCCN(c1ccc(C#N)cn1)C1CCNC1. The molecule has 0 bridgehead atoms. The van der Waals surface area contributed by atoms with Crippen LogP contribution in [0.25, 0.3) is 0 Å². The Kier molecular flexibility index (Phi) is 3.94. The number of aromatic nitrogens is 1. The third-order valence-electron chi connectivity index (χ3n) is 3.11. The van der Waals surface area contributed by atoms with Gasteiger partial charge >= 0.3 is 0 Å². The summed E-state index contributed by atoms with van der Waals surface area (Å²) in [6.07, 6.45) is 3.93. The summed E-state index contributed by atoms with van der Waals surface area (Å²) in [6, 6.07) is 6.43. The fourth-order valence-corrected chi connectivity index (χ4v) is 2.25. The van der Waals surface area contributed by atoms with Crippen molar-refractivity contribution in [3.63, 3.8) is 0 Å². The van der Waals surface area contributed by atoms with Crippen LogP contribution in [0.2, 0.25) is 0 Å². The Hall–Kier alpha value is -1.60. The normalized spacial score (nSPS) is 18.9. The van der Waals surface area contributed by atoms with Gasteiger partial charge in [-0.2, -0.15) is 5.26 Å². The molecule has 0 spiro atoms. The summed E-state index contributed by atoms with van der Waals surface area (Å²) >= 11 is 0. The molecule has 1 aliphatic rings. The first-order valence-corrected chi connectivity index (χ1v) is 6.18. The number of hydrogen-bond acceptors (Lipinski definition) is 4. The van der Waals surface area contributed by atoms with Gasteiger partial charge in [-0.3, -0.25) is 0 Å². The van der Waals surface area contributed by atoms with Crippen LogP contribution in [0.4, 0.5) is 5.82 Å². The van der Waals surface area contributed by atoms with Crippen molar-refractivity contribution in [2.24, 2.45) is 0 Å². The number of nitriles is 1. The molecule has 2 rings (SSSR count). The highest BCUT2D eigenvalue weighted by Crippen LogP contribution is 2.18. The lowest BCUT2D eigenvalue weighted by Gasteiger charge is -2.29. The minimum atomic E-state index is 0.537. The number of anilines is 1. The molecule has 0 aromatic carbocycles. The summed E-state index contributed by atoms with van der Waals surface area (Å²) < 4.78 is 0. The molecule has 4 nitrogen and oxygen atoms in total. The zero-order valence-electron chi connectivity index (χ0n) is 10.2. The third kappa shape index (κ3) is 2.75. The fraction of sp³-hybridized carbons (Fsp3) is 0.538. The predicted molar refractivity (Wildman–Crippen MR) is 67.9 cm³/mol. The van der Waals surface area contributed by atoms with E-state index in [2.05, 4.69) is 28.2 Å². The molecule has 1 aromatic heterocycles. The van der Waals surface area contributed by atoms with Crippen LogP contribution in [0.3, 0.4) is 0 Å². The summed E-state index contributed by atoms with van der Waals surface area (Å²) in [7, 11) is 0. The Morgan fingerprint density at radius 3 is 3.00 bits per heavy atom. The average Bonchev–Trinajstić information content (AvgIpc) is 2.90. The van der Waals surface area contributed by atoms with Gasteiger partial charge in [-0.15, -0.1) is 0 Å². The monoisotopic (exact) mass is 230 g/mol. The fourth-order valence-electron chi connectivity index (χ4n) is 2.25. The average molecular weight is 230 g/mol. The van der Waals surface area contributed by atoms with Crippen molar-refractivity contribution in [3.8, 4) is 6.07 Å². The number of nitrogens with one attached hydrogen (secondary N) is 1. The number of hydrogen-bond donors (Lipinski definition) is 1. The highest BCUT2D eigenvalue weighted by molar-refractivity contribution is 5.43. The second-order valence-corrected chi connectivity index (χ2v) is 4.36. The van der Waals surface area contributed by atoms with Gasteiger partial charge in [0.05, 0.1) is 5.56 Å². The molecular weight excluding hydrogens is 212 g/mol. The Morgan fingerprint density at radius 1 is 1.59 bits per heavy atom. The van der Waals surface area contributed by atoms with Crippen molar-refractivity contribution in [2.75, 3.05) is 24.5 Å². The lowest BCUT2D eigenvalue weighted by Crippen LogP contribution is -2.38. The van der Waals surface area contributed by atoms with Crippen molar-refractivity contribution in [1.82, 2.24) is 10.3 Å². The molecule has 0 amide bonds. The second kappa shape index (κ2) is 5.65. The van der Waals surface area contributed by atoms with Gasteiger partial charge in [0.25, 0.3) is 0 Å². The van der Waals surface area contributed by atoms with Gasteiger partial charge in [-0.25, -0.2) is 4.98 Å². The van der Waals surface area contributed by atoms with Gasteiger partial charge in [0, 0.05) is 25.3 Å². The molecule has 1 unspecified atom stereocenters. The van der Waals surface area contributed by atoms with E-state index >= 15 is 0 Å². The van der Waals surface area contributed by atoms with Crippen molar-refractivity contribution in [2.45, 2.75) is 25.8 Å². The van der Waals surface area contributed by atoms with E-state index in [1.807, 2.05) is 12.1 Å². The lowest BCUT2D eigenvalue weighted by molar-refractivity contribution is 0.618. The highest BCUT2D eigenvalue weighted by atomic mass is 15.2. The van der Waals surface area contributed by atoms with Gasteiger partial charge in [-0.05, 0) is 31.5 Å². The molecule has 17 heavy (non-hydrogen) atoms. The number of rotatable bonds is 4. The van der Waals surface area contributed by atoms with Crippen LogP contribution in [0, 0.1) is 11.3 Å². The van der Waals surface area contributed by atoms with Gasteiger partial charge < -0.3 is 10.2 Å². The molecule has 1 fully saturated rings. The molecule has 90 valence electrons. The van der Waals surface area contributed by atoms with E-state index in [9.17, 15) is 0 Å². The minimum Gasteiger partial charge on any atom is -0.352 e. The van der Waals surface area contributed by atoms with Crippen LogP contribution in [0.15, 0.2) is 18.3 Å². The Morgan fingerprint density at radius 2 is 2.47 bits per heavy atom. The number of nitrogens with zero attached hydrogens (tertiary/aromatic N) is 3. The van der Waals surface area contributed by atoms with Crippen LogP contribution < -0.4 is 10.2 Å².